The highest BCUT2D eigenvalue weighted by molar-refractivity contribution is 7.80. The summed E-state index contributed by atoms with van der Waals surface area (Å²) in [4.78, 5) is 22.7. The quantitative estimate of drug-likeness (QED) is 0.178. The van der Waals surface area contributed by atoms with Crippen LogP contribution in [0, 0.1) is 0 Å². The highest BCUT2D eigenvalue weighted by Gasteiger charge is 2.52. The molecule has 0 aliphatic carbocycles. The third-order valence-corrected chi connectivity index (χ3v) is 4.91. The number of aliphatic hydroxyl groups is 4. The van der Waals surface area contributed by atoms with E-state index in [0.717, 1.165) is 6.92 Å². The van der Waals surface area contributed by atoms with Gasteiger partial charge in [-0.1, -0.05) is 0 Å². The van der Waals surface area contributed by atoms with E-state index >= 15 is 0 Å². The summed E-state index contributed by atoms with van der Waals surface area (Å²) >= 11 is 0. The lowest BCUT2D eigenvalue weighted by molar-refractivity contribution is -0.321. The number of hydrogen-bond acceptors (Lipinski definition) is 12. The molecule has 2 heterocycles. The van der Waals surface area contributed by atoms with Crippen molar-refractivity contribution >= 4 is 22.3 Å². The molecule has 0 aromatic rings. The van der Waals surface area contributed by atoms with E-state index in [4.69, 9.17) is 23.9 Å². The van der Waals surface area contributed by atoms with Crippen molar-refractivity contribution < 1.29 is 66.5 Å². The van der Waals surface area contributed by atoms with E-state index in [9.17, 15) is 38.4 Å². The maximum absolute atomic E-state index is 11.5. The summed E-state index contributed by atoms with van der Waals surface area (Å²) in [6.45, 7) is 0.106. The van der Waals surface area contributed by atoms with Crippen LogP contribution >= 0.6 is 0 Å². The number of rotatable bonds is 7. The molecule has 2 saturated heterocycles. The van der Waals surface area contributed by atoms with Crippen molar-refractivity contribution in [3.63, 3.8) is 0 Å². The van der Waals surface area contributed by atoms with Gasteiger partial charge in [-0.25, -0.2) is 8.98 Å². The second kappa shape index (κ2) is 9.77. The van der Waals surface area contributed by atoms with E-state index in [1.165, 1.54) is 0 Å². The minimum absolute atomic E-state index is 0.480. The number of carbonyl (C=O) groups excluding carboxylic acids is 1. The monoisotopic (exact) mass is 461 g/mol. The zero-order valence-electron chi connectivity index (χ0n) is 15.5. The van der Waals surface area contributed by atoms with Crippen molar-refractivity contribution in [2.45, 2.75) is 68.6 Å². The van der Waals surface area contributed by atoms with Crippen molar-refractivity contribution in [1.29, 1.82) is 0 Å². The molecular formula is C14H23NO14S. The lowest BCUT2D eigenvalue weighted by Crippen LogP contribution is -2.67. The molecule has 2 aliphatic heterocycles. The smallest absolute Gasteiger partial charge is 0.397 e. The Morgan fingerprint density at radius 2 is 1.80 bits per heavy atom. The molecule has 0 radical (unpaired) electrons. The number of ether oxygens (including phenoxy) is 3. The summed E-state index contributed by atoms with van der Waals surface area (Å²) < 4.78 is 51.5. The predicted octanol–water partition coefficient (Wildman–Crippen LogP) is -4.30. The number of carboxylic acid groups (broad SMARTS) is 1. The number of carbonyl (C=O) groups is 2. The Hall–Kier alpha value is -1.47. The van der Waals surface area contributed by atoms with Gasteiger partial charge in [0.05, 0.1) is 12.7 Å². The molecule has 15 nitrogen and oxygen atoms in total. The van der Waals surface area contributed by atoms with Crippen LogP contribution in [-0.4, -0.2) is 112 Å². The Kier molecular flexibility index (Phi) is 8.08. The Bertz CT molecular complexity index is 730. The fourth-order valence-corrected chi connectivity index (χ4v) is 3.65. The third-order valence-electron chi connectivity index (χ3n) is 4.44. The van der Waals surface area contributed by atoms with Crippen molar-refractivity contribution in [3.8, 4) is 0 Å². The summed E-state index contributed by atoms with van der Waals surface area (Å²) in [6, 6.07) is -1.57. The zero-order valence-corrected chi connectivity index (χ0v) is 16.3. The molecule has 1 unspecified atom stereocenters. The van der Waals surface area contributed by atoms with Crippen molar-refractivity contribution in [2.75, 3.05) is 6.61 Å². The normalized spacial score (nSPS) is 40.0. The van der Waals surface area contributed by atoms with Gasteiger partial charge in [0.2, 0.25) is 5.91 Å². The molecule has 2 rings (SSSR count). The Morgan fingerprint density at radius 1 is 1.17 bits per heavy atom. The summed E-state index contributed by atoms with van der Waals surface area (Å²) in [5.41, 5.74) is 0. The summed E-state index contributed by atoms with van der Waals surface area (Å²) in [5, 5.41) is 50.9. The minimum atomic E-state index is -5.17. The molecule has 174 valence electrons. The van der Waals surface area contributed by atoms with Gasteiger partial charge in [-0.3, -0.25) is 9.35 Å². The van der Waals surface area contributed by atoms with Crippen LogP contribution < -0.4 is 5.32 Å². The van der Waals surface area contributed by atoms with Gasteiger partial charge in [-0.05, 0) is 0 Å². The molecule has 0 spiro atoms. The number of aliphatic hydroxyl groups excluding tert-OH is 4. The van der Waals surface area contributed by atoms with Crippen molar-refractivity contribution in [2.24, 2.45) is 0 Å². The molecule has 30 heavy (non-hydrogen) atoms. The van der Waals surface area contributed by atoms with Gasteiger partial charge in [-0.15, -0.1) is 0 Å². The molecule has 0 aromatic heterocycles. The SMILES string of the molecule is CC(=O)N[C@@H]1[C@@H](O[C@@H]2OC(C(=O)O)C[C@H](O)[C@H]2O)[C@@H](OS(=O)(=O)O)[C@@H](CO)O[C@H]1O. The van der Waals surface area contributed by atoms with Crippen LogP contribution in [0.25, 0.3) is 0 Å². The summed E-state index contributed by atoms with van der Waals surface area (Å²) in [7, 11) is -5.17. The van der Waals surface area contributed by atoms with Gasteiger partial charge < -0.3 is 45.1 Å². The third kappa shape index (κ3) is 6.03. The van der Waals surface area contributed by atoms with Crippen LogP contribution in [0.15, 0.2) is 0 Å². The van der Waals surface area contributed by atoms with E-state index in [0.29, 0.717) is 0 Å². The van der Waals surface area contributed by atoms with Crippen LogP contribution in [-0.2, 0) is 38.4 Å². The molecular weight excluding hydrogens is 438 g/mol. The second-order valence-electron chi connectivity index (χ2n) is 6.69. The number of hydrogen-bond donors (Lipinski definition) is 7. The van der Waals surface area contributed by atoms with E-state index in [1.54, 1.807) is 0 Å². The van der Waals surface area contributed by atoms with E-state index in [-0.39, 0.29) is 0 Å². The highest BCUT2D eigenvalue weighted by atomic mass is 32.3. The number of nitrogens with one attached hydrogen (secondary N) is 1. The van der Waals surface area contributed by atoms with Crippen LogP contribution in [0.5, 0.6) is 0 Å². The largest absolute Gasteiger partial charge is 0.479 e. The van der Waals surface area contributed by atoms with Crippen LogP contribution in [0.1, 0.15) is 13.3 Å². The maximum atomic E-state index is 11.5. The van der Waals surface area contributed by atoms with Gasteiger partial charge in [0.1, 0.15) is 30.5 Å². The van der Waals surface area contributed by atoms with Crippen LogP contribution in [0.2, 0.25) is 0 Å². The average Bonchev–Trinajstić information content (AvgIpc) is 2.61. The maximum Gasteiger partial charge on any atom is 0.397 e. The lowest BCUT2D eigenvalue weighted by atomic mass is 9.96. The van der Waals surface area contributed by atoms with Crippen LogP contribution in [0.3, 0.4) is 0 Å². The molecule has 0 bridgehead atoms. The van der Waals surface area contributed by atoms with Gasteiger partial charge in [0, 0.05) is 13.3 Å². The average molecular weight is 461 g/mol. The Balaban J connectivity index is 2.39. The molecule has 2 fully saturated rings. The summed E-state index contributed by atoms with van der Waals surface area (Å²) in [6.07, 6.45) is -14.5. The zero-order chi connectivity index (χ0) is 22.8. The van der Waals surface area contributed by atoms with E-state index in [2.05, 4.69) is 9.50 Å². The first-order valence-corrected chi connectivity index (χ1v) is 9.97. The van der Waals surface area contributed by atoms with E-state index in [1.807, 2.05) is 0 Å². The first kappa shape index (κ1) is 24.8. The van der Waals surface area contributed by atoms with Gasteiger partial charge >= 0.3 is 16.4 Å². The van der Waals surface area contributed by atoms with Gasteiger partial charge in [0.25, 0.3) is 0 Å². The fraction of sp³-hybridized carbons (Fsp3) is 0.857. The second-order valence-corrected chi connectivity index (χ2v) is 7.74. The predicted molar refractivity (Wildman–Crippen MR) is 89.8 cm³/mol. The van der Waals surface area contributed by atoms with Gasteiger partial charge in [-0.2, -0.15) is 8.42 Å². The topological polar surface area (TPSA) is 239 Å². The van der Waals surface area contributed by atoms with Crippen molar-refractivity contribution in [3.05, 3.63) is 0 Å². The Labute approximate surface area is 170 Å². The highest BCUT2D eigenvalue weighted by Crippen LogP contribution is 2.30. The first-order valence-electron chi connectivity index (χ1n) is 8.61. The molecule has 9 atom stereocenters. The molecule has 16 heteroatoms. The first-order chi connectivity index (χ1) is 13.8. The standard InChI is InChI=1S/C14H23NO14S/c1-4(17)15-8-11(10(29-30(23,24)25)7(3-16)26-13(8)22)28-14-9(19)5(18)2-6(27-14)12(20)21/h5-11,13-14,16,18-19,22H,2-3H2,1H3,(H,15,17)(H,20,21)(H,23,24,25)/t5-,6?,7+,8+,9+,10-,11+,13+,14-/m0/s1. The molecule has 0 saturated carbocycles. The molecule has 7 N–H and O–H groups in total. The van der Waals surface area contributed by atoms with E-state index < -0.39 is 90.5 Å². The molecule has 2 aliphatic rings. The lowest BCUT2D eigenvalue weighted by Gasteiger charge is -2.46. The number of carboxylic acids is 1. The van der Waals surface area contributed by atoms with Crippen molar-refractivity contribution in [1.82, 2.24) is 5.32 Å². The van der Waals surface area contributed by atoms with Crippen LogP contribution in [0.4, 0.5) is 0 Å². The molecule has 0 aromatic carbocycles. The minimum Gasteiger partial charge on any atom is -0.479 e. The number of aliphatic carboxylic acids is 1. The molecule has 1 amide bonds. The fourth-order valence-electron chi connectivity index (χ4n) is 3.14. The van der Waals surface area contributed by atoms with Gasteiger partial charge in [0.15, 0.2) is 18.7 Å². The number of amides is 1. The Morgan fingerprint density at radius 3 is 2.30 bits per heavy atom. The summed E-state index contributed by atoms with van der Waals surface area (Å²) in [5.74, 6) is -2.23.